The number of halogens is 1. The van der Waals surface area contributed by atoms with E-state index in [2.05, 4.69) is 30.1 Å². The minimum Gasteiger partial charge on any atom is -0.368 e. The smallest absolute Gasteiger partial charge is 0.227 e. The Morgan fingerprint density at radius 2 is 1.66 bits per heavy atom. The zero-order chi connectivity index (χ0) is 21.9. The average Bonchev–Trinajstić information content (AvgIpc) is 3.40. The van der Waals surface area contributed by atoms with Gasteiger partial charge in [-0.3, -0.25) is 4.79 Å². The SMILES string of the molecule is O=C(C1CCCN(c2ccc(-n3cncn3)nn2)C1)N1CCN(c2ccc(Cl)cc2)CC1. The van der Waals surface area contributed by atoms with Gasteiger partial charge in [-0.05, 0) is 49.2 Å². The lowest BCUT2D eigenvalue weighted by atomic mass is 9.96. The van der Waals surface area contributed by atoms with E-state index in [4.69, 9.17) is 11.6 Å². The van der Waals surface area contributed by atoms with Crippen LogP contribution < -0.4 is 9.80 Å². The van der Waals surface area contributed by atoms with Crippen molar-refractivity contribution in [2.24, 2.45) is 5.92 Å². The quantitative estimate of drug-likeness (QED) is 0.600. The van der Waals surface area contributed by atoms with Crippen LogP contribution in [0.5, 0.6) is 0 Å². The summed E-state index contributed by atoms with van der Waals surface area (Å²) < 4.78 is 1.57. The predicted molar refractivity (Wildman–Crippen MR) is 122 cm³/mol. The summed E-state index contributed by atoms with van der Waals surface area (Å²) in [6, 6.07) is 11.7. The highest BCUT2D eigenvalue weighted by Crippen LogP contribution is 2.25. The Bertz CT molecular complexity index is 1030. The van der Waals surface area contributed by atoms with Crippen molar-refractivity contribution in [3.05, 3.63) is 54.1 Å². The fraction of sp³-hybridized carbons (Fsp3) is 0.409. The molecule has 0 aliphatic carbocycles. The number of nitrogens with zero attached hydrogens (tertiary/aromatic N) is 8. The Morgan fingerprint density at radius 3 is 2.34 bits per heavy atom. The first-order chi connectivity index (χ1) is 15.7. The Balaban J connectivity index is 1.18. The largest absolute Gasteiger partial charge is 0.368 e. The normalized spacial score (nSPS) is 19.3. The molecule has 0 radical (unpaired) electrons. The van der Waals surface area contributed by atoms with Crippen LogP contribution in [0.4, 0.5) is 11.5 Å². The predicted octanol–water partition coefficient (Wildman–Crippen LogP) is 2.28. The summed E-state index contributed by atoms with van der Waals surface area (Å²) in [5.74, 6) is 1.65. The van der Waals surface area contributed by atoms with Gasteiger partial charge in [0.15, 0.2) is 11.6 Å². The molecule has 1 aromatic carbocycles. The number of rotatable bonds is 4. The standard InChI is InChI=1S/C22H25ClN8O/c23-18-3-5-19(6-4-18)28-10-12-29(13-11-28)22(32)17-2-1-9-30(14-17)20-7-8-21(27-26-20)31-16-24-15-25-31/h3-8,15-17H,1-2,9-14H2. The molecular weight excluding hydrogens is 428 g/mol. The summed E-state index contributed by atoms with van der Waals surface area (Å²) in [6.45, 7) is 4.70. The number of hydrogen-bond acceptors (Lipinski definition) is 7. The maximum absolute atomic E-state index is 13.2. The Hall–Kier alpha value is -3.20. The molecule has 2 fully saturated rings. The molecule has 10 heteroatoms. The number of carbonyl (C=O) groups excluding carboxylic acids is 1. The summed E-state index contributed by atoms with van der Waals surface area (Å²) >= 11 is 6.00. The van der Waals surface area contributed by atoms with Crippen molar-refractivity contribution in [2.75, 3.05) is 49.1 Å². The lowest BCUT2D eigenvalue weighted by molar-refractivity contribution is -0.136. The number of hydrogen-bond donors (Lipinski definition) is 0. The number of benzene rings is 1. The topological polar surface area (TPSA) is 83.3 Å². The van der Waals surface area contributed by atoms with Gasteiger partial charge in [0.25, 0.3) is 0 Å². The van der Waals surface area contributed by atoms with Crippen LogP contribution in [0.25, 0.3) is 5.82 Å². The lowest BCUT2D eigenvalue weighted by Gasteiger charge is -2.40. The second-order valence-electron chi connectivity index (χ2n) is 8.16. The van der Waals surface area contributed by atoms with Crippen LogP contribution in [0.15, 0.2) is 49.1 Å². The lowest BCUT2D eigenvalue weighted by Crippen LogP contribution is -2.52. The van der Waals surface area contributed by atoms with Crippen molar-refractivity contribution in [3.63, 3.8) is 0 Å². The fourth-order valence-corrected chi connectivity index (χ4v) is 4.54. The monoisotopic (exact) mass is 452 g/mol. The van der Waals surface area contributed by atoms with Crippen LogP contribution in [0.3, 0.4) is 0 Å². The molecule has 0 spiro atoms. The molecule has 1 unspecified atom stereocenters. The van der Waals surface area contributed by atoms with Gasteiger partial charge in [-0.15, -0.1) is 10.2 Å². The molecule has 9 nitrogen and oxygen atoms in total. The summed E-state index contributed by atoms with van der Waals surface area (Å²) in [6.07, 6.45) is 4.93. The molecule has 1 atom stereocenters. The number of anilines is 2. The first-order valence-corrected chi connectivity index (χ1v) is 11.3. The van der Waals surface area contributed by atoms with Crippen LogP contribution in [-0.4, -0.2) is 75.0 Å². The summed E-state index contributed by atoms with van der Waals surface area (Å²) in [7, 11) is 0. The van der Waals surface area contributed by atoms with E-state index < -0.39 is 0 Å². The van der Waals surface area contributed by atoms with Crippen LogP contribution in [0.1, 0.15) is 12.8 Å². The average molecular weight is 453 g/mol. The third-order valence-electron chi connectivity index (χ3n) is 6.17. The van der Waals surface area contributed by atoms with E-state index in [0.29, 0.717) is 12.4 Å². The Labute approximate surface area is 191 Å². The third kappa shape index (κ3) is 4.38. The van der Waals surface area contributed by atoms with E-state index in [9.17, 15) is 4.79 Å². The molecule has 2 aromatic heterocycles. The molecule has 5 rings (SSSR count). The molecule has 3 aromatic rings. The van der Waals surface area contributed by atoms with Gasteiger partial charge >= 0.3 is 0 Å². The van der Waals surface area contributed by atoms with Crippen molar-refractivity contribution in [3.8, 4) is 5.82 Å². The molecule has 0 N–H and O–H groups in total. The van der Waals surface area contributed by atoms with Crippen molar-refractivity contribution in [1.82, 2.24) is 29.9 Å². The van der Waals surface area contributed by atoms with E-state index in [1.54, 1.807) is 11.0 Å². The van der Waals surface area contributed by atoms with Gasteiger partial charge in [-0.2, -0.15) is 5.10 Å². The van der Waals surface area contributed by atoms with Gasteiger partial charge in [0.05, 0.1) is 5.92 Å². The van der Waals surface area contributed by atoms with E-state index in [1.807, 2.05) is 41.3 Å². The first-order valence-electron chi connectivity index (χ1n) is 10.9. The summed E-state index contributed by atoms with van der Waals surface area (Å²) in [5.41, 5.74) is 1.15. The highest BCUT2D eigenvalue weighted by atomic mass is 35.5. The number of amides is 1. The van der Waals surface area contributed by atoms with E-state index in [0.717, 1.165) is 62.1 Å². The molecule has 1 amide bonds. The third-order valence-corrected chi connectivity index (χ3v) is 6.42. The van der Waals surface area contributed by atoms with Gasteiger partial charge in [-0.25, -0.2) is 9.67 Å². The maximum atomic E-state index is 13.2. The molecule has 166 valence electrons. The zero-order valence-corrected chi connectivity index (χ0v) is 18.5. The highest BCUT2D eigenvalue weighted by Gasteiger charge is 2.31. The van der Waals surface area contributed by atoms with Crippen LogP contribution in [0.2, 0.25) is 5.02 Å². The van der Waals surface area contributed by atoms with Crippen molar-refractivity contribution in [1.29, 1.82) is 0 Å². The van der Waals surface area contributed by atoms with Crippen molar-refractivity contribution in [2.45, 2.75) is 12.8 Å². The zero-order valence-electron chi connectivity index (χ0n) is 17.7. The molecule has 2 saturated heterocycles. The van der Waals surface area contributed by atoms with E-state index >= 15 is 0 Å². The van der Waals surface area contributed by atoms with Crippen LogP contribution >= 0.6 is 11.6 Å². The van der Waals surface area contributed by atoms with Gasteiger partial charge in [0.1, 0.15) is 12.7 Å². The van der Waals surface area contributed by atoms with Gasteiger partial charge in [-0.1, -0.05) is 11.6 Å². The second-order valence-corrected chi connectivity index (χ2v) is 8.60. The Morgan fingerprint density at radius 1 is 0.906 bits per heavy atom. The molecule has 2 aliphatic heterocycles. The van der Waals surface area contributed by atoms with Gasteiger partial charge in [0.2, 0.25) is 5.91 Å². The molecule has 0 bridgehead atoms. The van der Waals surface area contributed by atoms with E-state index in [-0.39, 0.29) is 11.8 Å². The highest BCUT2D eigenvalue weighted by molar-refractivity contribution is 6.30. The summed E-state index contributed by atoms with van der Waals surface area (Å²) in [4.78, 5) is 23.6. The maximum Gasteiger partial charge on any atom is 0.227 e. The van der Waals surface area contributed by atoms with Gasteiger partial charge in [0, 0.05) is 50.0 Å². The van der Waals surface area contributed by atoms with Gasteiger partial charge < -0.3 is 14.7 Å². The molecule has 0 saturated carbocycles. The molecule has 4 heterocycles. The van der Waals surface area contributed by atoms with E-state index in [1.165, 1.54) is 6.33 Å². The second kappa shape index (κ2) is 9.12. The molecular formula is C22H25ClN8O. The first kappa shape index (κ1) is 20.7. The number of carbonyl (C=O) groups is 1. The number of aromatic nitrogens is 5. The number of piperidine rings is 1. The summed E-state index contributed by atoms with van der Waals surface area (Å²) in [5, 5.41) is 13.4. The van der Waals surface area contributed by atoms with Crippen LogP contribution in [-0.2, 0) is 4.79 Å². The fourth-order valence-electron chi connectivity index (χ4n) is 4.42. The number of piperazine rings is 1. The van der Waals surface area contributed by atoms with Crippen LogP contribution in [0, 0.1) is 5.92 Å². The van der Waals surface area contributed by atoms with Crippen molar-refractivity contribution < 1.29 is 4.79 Å². The molecule has 32 heavy (non-hydrogen) atoms. The minimum atomic E-state index is -0.0115. The van der Waals surface area contributed by atoms with Crippen molar-refractivity contribution >= 4 is 29.0 Å². The Kier molecular flexibility index (Phi) is 5.89. The molecule has 2 aliphatic rings. The minimum absolute atomic E-state index is 0.0115.